The first-order chi connectivity index (χ1) is 62.9. The van der Waals surface area contributed by atoms with E-state index in [0.29, 0.717) is 18.8 Å². The Hall–Kier alpha value is -12.1. The van der Waals surface area contributed by atoms with E-state index in [1.165, 1.54) is 30.3 Å². The van der Waals surface area contributed by atoms with Crippen LogP contribution in [0.3, 0.4) is 0 Å². The highest BCUT2D eigenvalue weighted by Crippen LogP contribution is 2.51. The third kappa shape index (κ3) is 20.3. The van der Waals surface area contributed by atoms with E-state index >= 15 is 24.0 Å². The van der Waals surface area contributed by atoms with Crippen LogP contribution < -0.4 is 77.4 Å². The van der Waals surface area contributed by atoms with E-state index in [4.69, 9.17) is 76.4 Å². The lowest BCUT2D eigenvalue weighted by atomic mass is 9.89. The van der Waals surface area contributed by atoms with Gasteiger partial charge in [-0.05, 0) is 125 Å². The van der Waals surface area contributed by atoms with Gasteiger partial charge >= 0.3 is 5.97 Å². The lowest BCUT2D eigenvalue weighted by molar-refractivity contribution is -0.290. The molecule has 7 aromatic rings. The van der Waals surface area contributed by atoms with Crippen LogP contribution in [-0.2, 0) is 73.4 Å². The number of amides is 8. The molecule has 42 nitrogen and oxygen atoms in total. The maximum atomic E-state index is 17.1. The Morgan fingerprint density at radius 2 is 1.16 bits per heavy atom. The van der Waals surface area contributed by atoms with E-state index in [2.05, 4.69) is 61.9 Å². The maximum Gasteiger partial charge on any atom is 0.330 e. The summed E-state index contributed by atoms with van der Waals surface area (Å²) in [6.45, 7) is 2.66. The average Bonchev–Trinajstić information content (AvgIpc) is 0.744. The van der Waals surface area contributed by atoms with Crippen molar-refractivity contribution in [3.8, 4) is 80.1 Å². The summed E-state index contributed by atoms with van der Waals surface area (Å²) in [4.78, 5) is 145. The number of nitrogens with two attached hydrogens (primary N) is 1. The largest absolute Gasteiger partial charge is 0.508 e. The first-order valence-corrected chi connectivity index (χ1v) is 42.9. The topological polar surface area (TPSA) is 643 Å². The number of aliphatic hydroxyl groups excluding tert-OH is 8. The number of unbranched alkanes of at least 4 members (excludes halogenated alkanes) is 3. The number of carboxylic acids is 1. The molecule has 8 amide bonds. The number of halogens is 2. The van der Waals surface area contributed by atoms with Crippen LogP contribution in [0.2, 0.25) is 10.0 Å². The van der Waals surface area contributed by atoms with Crippen LogP contribution in [0.5, 0.6) is 69.0 Å². The molecule has 23 atom stereocenters. The van der Waals surface area contributed by atoms with E-state index in [9.17, 15) is 85.6 Å². The fourth-order valence-electron chi connectivity index (χ4n) is 16.8. The van der Waals surface area contributed by atoms with Crippen molar-refractivity contribution < 1.29 is 157 Å². The predicted octanol–water partition coefficient (Wildman–Crippen LogP) is 1.57. The van der Waals surface area contributed by atoms with Crippen molar-refractivity contribution in [1.29, 1.82) is 0 Å². The first kappa shape index (κ1) is 94.6. The summed E-state index contributed by atoms with van der Waals surface area (Å²) in [5.74, 6) is -18.6. The average molecular weight is 1880 g/mol. The van der Waals surface area contributed by atoms with Gasteiger partial charge in [0.1, 0.15) is 156 Å². The standard InChI is InChI=1S/C88H96Cl2N10O32/c1-33(2)8-6-4-5-7-9-60(107)95-68-74(112)70(108)57-30-92-123-32-59-72(110)73(111)67(93-34(3)102)86(130-59)131-77-38-13-17-52(47(90)23-38)126-56-26-40-25-55(78(56)132-87(68)128-57)125-51-16-10-35(18-46(51)89)19-48-79(115)96-64(39-20-41(103)27-43(21-39)124-53-24-36(11-15-50(53)106)62(91)80(116)94-48)82(118)98-65(40)83(119)97-63-37-12-14-49(105)44(22-37)61-45(66(85(121)122)99-84(120)69(77)100-81(63)117)28-42(104)29-54(61)127-88-76(114)75(113)71(109)58(31-101)129-88/h10-18,20-29,33,48,57-59,62-77,86-88,92,101,103-106,108-114H,4-9,19,30-32,91H2,1-3H3,(H,93,102)(H,94,116)(H,95,107)(H,96,115)(H,97,119)(H,98,118)(H,99,120)(H,100,117)(H,121,122)/t48-,57?,58?,59-,62?,63?,64+,65-,66?,67?,68-,69?,70-,71-,72?,73-,74?,75?,76?,77?,86?,87?,88+/m1/s1. The number of fused-ring (bicyclic) bond motifs is 15. The Bertz CT molecular complexity index is 5600. The molecular weight excluding hydrogens is 1780 g/mol. The number of hydroxylamine groups is 1. The fraction of sp³-hybridized carbons (Fsp3) is 0.420. The number of aliphatic carboxylic acids is 1. The molecule has 704 valence electrons. The van der Waals surface area contributed by atoms with Crippen molar-refractivity contribution in [2.24, 2.45) is 11.7 Å². The van der Waals surface area contributed by atoms with Gasteiger partial charge in [0.25, 0.3) is 0 Å². The lowest BCUT2D eigenvalue weighted by Gasteiger charge is -2.44. The molecule has 11 heterocycles. The Balaban J connectivity index is 1.000. The number of ether oxygens (including phenoxy) is 9. The maximum absolute atomic E-state index is 17.1. The fourth-order valence-corrected chi connectivity index (χ4v) is 17.2. The zero-order valence-corrected chi connectivity index (χ0v) is 71.8. The molecular formula is C88H96Cl2N10O32. The number of hydrogen-bond donors (Lipinski definition) is 23. The summed E-state index contributed by atoms with van der Waals surface area (Å²) in [7, 11) is 0. The molecule has 132 heavy (non-hydrogen) atoms. The van der Waals surface area contributed by atoms with E-state index in [0.717, 1.165) is 111 Å². The third-order valence-electron chi connectivity index (χ3n) is 23.7. The van der Waals surface area contributed by atoms with E-state index < -0.39 is 304 Å². The van der Waals surface area contributed by atoms with Gasteiger partial charge in [-0.25, -0.2) is 4.79 Å². The Labute approximate surface area is 759 Å². The Morgan fingerprint density at radius 3 is 1.84 bits per heavy atom. The highest BCUT2D eigenvalue weighted by molar-refractivity contribution is 6.32. The second-order valence-corrected chi connectivity index (χ2v) is 34.3. The van der Waals surface area contributed by atoms with Crippen LogP contribution in [0.15, 0.2) is 115 Å². The number of aromatic hydroxyl groups is 4. The minimum absolute atomic E-state index is 0.0394. The second kappa shape index (κ2) is 39.8. The van der Waals surface area contributed by atoms with Crippen molar-refractivity contribution in [3.05, 3.63) is 164 Å². The normalized spacial score (nSPS) is 29.6. The molecule has 3 fully saturated rings. The van der Waals surface area contributed by atoms with Crippen molar-refractivity contribution in [3.63, 3.8) is 0 Å². The van der Waals surface area contributed by atoms with Crippen molar-refractivity contribution >= 4 is 76.4 Å². The van der Waals surface area contributed by atoms with Crippen molar-refractivity contribution in [2.45, 2.75) is 206 Å². The van der Waals surface area contributed by atoms with Gasteiger partial charge in [0, 0.05) is 48.6 Å². The highest BCUT2D eigenvalue weighted by atomic mass is 35.5. The number of carboxylic acid groups (broad SMARTS) is 1. The quantitative estimate of drug-likeness (QED) is 0.0729. The van der Waals surface area contributed by atoms with Gasteiger partial charge in [0.2, 0.25) is 65.6 Å². The molecule has 0 radical (unpaired) electrons. The number of carbonyl (C=O) groups excluding carboxylic acids is 8. The zero-order chi connectivity index (χ0) is 94.3. The van der Waals surface area contributed by atoms with Crippen LogP contribution in [0, 0.1) is 5.92 Å². The molecule has 24 N–H and O–H groups in total. The van der Waals surface area contributed by atoms with Crippen LogP contribution in [0.1, 0.15) is 135 Å². The molecule has 0 aliphatic carbocycles. The molecule has 3 saturated heterocycles. The Kier molecular flexibility index (Phi) is 28.5. The molecule has 0 aromatic heterocycles. The molecule has 44 heteroatoms. The summed E-state index contributed by atoms with van der Waals surface area (Å²) in [5, 5.41) is 171. The third-order valence-corrected chi connectivity index (χ3v) is 24.3. The first-order valence-electron chi connectivity index (χ1n) is 42.2. The van der Waals surface area contributed by atoms with Gasteiger partial charge < -0.3 is 157 Å². The highest BCUT2D eigenvalue weighted by Gasteiger charge is 2.53. The monoisotopic (exact) mass is 1870 g/mol. The van der Waals surface area contributed by atoms with Gasteiger partial charge in [-0.2, -0.15) is 5.48 Å². The number of rotatable bonds is 13. The molecule has 7 aromatic carbocycles. The van der Waals surface area contributed by atoms with Gasteiger partial charge in [-0.3, -0.25) is 43.2 Å². The second-order valence-electron chi connectivity index (χ2n) is 33.5. The van der Waals surface area contributed by atoms with Crippen molar-refractivity contribution in [2.75, 3.05) is 19.8 Å². The smallest absolute Gasteiger partial charge is 0.330 e. The molecule has 11 aliphatic heterocycles. The SMILES string of the molecule is CC(=O)NC1C2OC3c4ccc(c(Cl)c4)Oc4cc5cc(c4OC4OC(CNOC[C@@H](O2)C(O)[C@@H]1O)[C@@H](O)C(O)[C@H]4NC(=O)CCCCCCC(C)C)Oc1ccc(cc1Cl)C[C@H]1NC(=O)C(N)c2ccc(O)c(c2)Oc2cc(O)cc(c2)[C@H](NC1=O)C(=O)N[C@H]5C(=O)NC1C(=O)NC3C(=O)NC(C(=O)O)c2cc(O)cc(O[C@H]3OC(CO)[C@@H](O)C(O)C3O)c2-c2cc1ccc2O. The summed E-state index contributed by atoms with van der Waals surface area (Å²) in [6.07, 6.45) is -25.7. The Morgan fingerprint density at radius 1 is 0.545 bits per heavy atom. The molecule has 0 saturated carbocycles. The number of nitrogens with one attached hydrogen (secondary N) is 9. The van der Waals surface area contributed by atoms with Crippen LogP contribution in [0.4, 0.5) is 0 Å². The molecule has 11 aliphatic rings. The number of carbonyl (C=O) groups is 9. The summed E-state index contributed by atoms with van der Waals surface area (Å²) in [6, 6.07) is 1.41. The van der Waals surface area contributed by atoms with Crippen LogP contribution >= 0.6 is 23.2 Å². The molecule has 18 rings (SSSR count). The molecule has 14 unspecified atom stereocenters. The summed E-state index contributed by atoms with van der Waals surface area (Å²) in [5.41, 5.74) is 5.64. The zero-order valence-electron chi connectivity index (χ0n) is 70.3. The number of benzene rings is 7. The summed E-state index contributed by atoms with van der Waals surface area (Å²) < 4.78 is 58.6. The van der Waals surface area contributed by atoms with Gasteiger partial charge in [0.15, 0.2) is 35.3 Å². The molecule has 0 spiro atoms. The van der Waals surface area contributed by atoms with Crippen LogP contribution in [-0.4, -0.2) is 243 Å². The van der Waals surface area contributed by atoms with Gasteiger partial charge in [0.05, 0.1) is 29.8 Å². The predicted molar refractivity (Wildman–Crippen MR) is 453 cm³/mol. The number of phenols is 4. The van der Waals surface area contributed by atoms with Crippen molar-refractivity contribution in [1.82, 2.24) is 48.0 Å². The number of aliphatic hydroxyl groups is 8. The van der Waals surface area contributed by atoms with Gasteiger partial charge in [-0.15, -0.1) is 0 Å². The molecule has 22 bridgehead atoms. The van der Waals surface area contributed by atoms with Crippen LogP contribution in [0.25, 0.3) is 11.1 Å². The number of hydrogen-bond acceptors (Lipinski definition) is 33. The minimum atomic E-state index is -2.55. The number of phenolic OH excluding ortho intramolecular Hbond substituents is 4. The van der Waals surface area contributed by atoms with E-state index in [1.54, 1.807) is 0 Å². The van der Waals surface area contributed by atoms with Gasteiger partial charge in [-0.1, -0.05) is 87.0 Å². The van der Waals surface area contributed by atoms with E-state index in [1.807, 2.05) is 0 Å². The summed E-state index contributed by atoms with van der Waals surface area (Å²) >= 11 is 14.8. The minimum Gasteiger partial charge on any atom is -0.508 e. The lowest BCUT2D eigenvalue weighted by Crippen LogP contribution is -2.66. The van der Waals surface area contributed by atoms with E-state index in [-0.39, 0.29) is 50.9 Å².